The zero-order valence-corrected chi connectivity index (χ0v) is 13.2. The highest BCUT2D eigenvalue weighted by Gasteiger charge is 2.31. The van der Waals surface area contributed by atoms with Crippen LogP contribution in [0.2, 0.25) is 0 Å². The second-order valence-electron chi connectivity index (χ2n) is 6.50. The van der Waals surface area contributed by atoms with E-state index in [0.29, 0.717) is 5.92 Å². The molecule has 0 radical (unpaired) electrons. The first-order chi connectivity index (χ1) is 9.67. The second-order valence-corrected chi connectivity index (χ2v) is 6.50. The number of likely N-dealkylation sites (tertiary alicyclic amines) is 1. The number of nitriles is 1. The summed E-state index contributed by atoms with van der Waals surface area (Å²) < 4.78 is 0. The molecule has 0 aromatic carbocycles. The average Bonchev–Trinajstić information content (AvgIpc) is 2.89. The lowest BCUT2D eigenvalue weighted by Gasteiger charge is -2.24. The third kappa shape index (κ3) is 3.52. The fraction of sp³-hybridized carbons (Fsp3) is 0.722. The van der Waals surface area contributed by atoms with Crippen molar-refractivity contribution in [2.24, 2.45) is 17.8 Å². The first kappa shape index (κ1) is 15.3. The molecule has 2 rings (SSSR count). The number of nitrogens with zero attached hydrogens (tertiary/aromatic N) is 2. The summed E-state index contributed by atoms with van der Waals surface area (Å²) >= 11 is 0. The van der Waals surface area contributed by atoms with Crippen LogP contribution in [0.3, 0.4) is 0 Å². The van der Waals surface area contributed by atoms with Gasteiger partial charge in [-0.15, -0.1) is 0 Å². The van der Waals surface area contributed by atoms with Crippen LogP contribution in [0.5, 0.6) is 0 Å². The lowest BCUT2D eigenvalue weighted by molar-refractivity contribution is 0.287. The monoisotopic (exact) mass is 272 g/mol. The minimum Gasteiger partial charge on any atom is -0.302 e. The standard InChI is InChI=1S/C18H28N2/c1-4-16-12-20(13-17(16)5-2)11-14(3)18-8-6-15(10-19)7-9-18/h6,8,14,16-17H,4-5,7,9,11-13H2,1-3H3. The van der Waals surface area contributed by atoms with Crippen molar-refractivity contribution in [1.29, 1.82) is 5.26 Å². The Morgan fingerprint density at radius 1 is 1.20 bits per heavy atom. The third-order valence-electron chi connectivity index (χ3n) is 5.19. The maximum absolute atomic E-state index is 8.90. The van der Waals surface area contributed by atoms with Crippen molar-refractivity contribution in [3.8, 4) is 6.07 Å². The molecule has 3 unspecified atom stereocenters. The van der Waals surface area contributed by atoms with Crippen molar-refractivity contribution >= 4 is 0 Å². The van der Waals surface area contributed by atoms with Crippen LogP contribution in [0.4, 0.5) is 0 Å². The fourth-order valence-electron chi connectivity index (χ4n) is 3.77. The first-order valence-electron chi connectivity index (χ1n) is 8.19. The van der Waals surface area contributed by atoms with Crippen molar-refractivity contribution in [2.75, 3.05) is 19.6 Å². The summed E-state index contributed by atoms with van der Waals surface area (Å²) in [4.78, 5) is 2.66. The van der Waals surface area contributed by atoms with Crippen molar-refractivity contribution in [3.05, 3.63) is 23.3 Å². The van der Waals surface area contributed by atoms with Gasteiger partial charge in [-0.3, -0.25) is 0 Å². The van der Waals surface area contributed by atoms with E-state index in [1.54, 1.807) is 0 Å². The zero-order valence-electron chi connectivity index (χ0n) is 13.2. The zero-order chi connectivity index (χ0) is 14.5. The van der Waals surface area contributed by atoms with Gasteiger partial charge < -0.3 is 4.90 Å². The molecule has 20 heavy (non-hydrogen) atoms. The Bertz CT molecular complexity index is 415. The summed E-state index contributed by atoms with van der Waals surface area (Å²) in [7, 11) is 0. The van der Waals surface area contributed by atoms with Crippen LogP contribution in [0, 0.1) is 29.1 Å². The van der Waals surface area contributed by atoms with Gasteiger partial charge in [0.2, 0.25) is 0 Å². The molecular formula is C18H28N2. The molecule has 0 aromatic rings. The second kappa shape index (κ2) is 7.09. The van der Waals surface area contributed by atoms with Crippen LogP contribution in [0.1, 0.15) is 46.5 Å². The minimum absolute atomic E-state index is 0.625. The van der Waals surface area contributed by atoms with Crippen LogP contribution in [0.15, 0.2) is 23.3 Å². The molecule has 1 saturated heterocycles. The fourth-order valence-corrected chi connectivity index (χ4v) is 3.77. The molecule has 2 aliphatic rings. The topological polar surface area (TPSA) is 27.0 Å². The lowest BCUT2D eigenvalue weighted by Crippen LogP contribution is -2.27. The van der Waals surface area contributed by atoms with Gasteiger partial charge in [-0.25, -0.2) is 0 Å². The Kier molecular flexibility index (Phi) is 5.43. The molecule has 1 fully saturated rings. The largest absolute Gasteiger partial charge is 0.302 e. The molecule has 0 N–H and O–H groups in total. The molecule has 3 atom stereocenters. The number of hydrogen-bond acceptors (Lipinski definition) is 2. The molecule has 2 nitrogen and oxygen atoms in total. The van der Waals surface area contributed by atoms with Gasteiger partial charge in [0.15, 0.2) is 0 Å². The third-order valence-corrected chi connectivity index (χ3v) is 5.19. The number of hydrogen-bond donors (Lipinski definition) is 0. The summed E-state index contributed by atoms with van der Waals surface area (Å²) in [6.07, 6.45) is 8.85. The van der Waals surface area contributed by atoms with Gasteiger partial charge in [0.1, 0.15) is 0 Å². The van der Waals surface area contributed by atoms with Crippen LogP contribution in [0.25, 0.3) is 0 Å². The molecule has 110 valence electrons. The summed E-state index contributed by atoms with van der Waals surface area (Å²) in [5.41, 5.74) is 2.45. The van der Waals surface area contributed by atoms with Gasteiger partial charge in [0.05, 0.1) is 6.07 Å². The van der Waals surface area contributed by atoms with Crippen molar-refractivity contribution < 1.29 is 0 Å². The highest BCUT2D eigenvalue weighted by molar-refractivity contribution is 5.33. The average molecular weight is 272 g/mol. The highest BCUT2D eigenvalue weighted by atomic mass is 15.2. The highest BCUT2D eigenvalue weighted by Crippen LogP contribution is 2.31. The van der Waals surface area contributed by atoms with E-state index in [2.05, 4.69) is 37.8 Å². The van der Waals surface area contributed by atoms with E-state index < -0.39 is 0 Å². The van der Waals surface area contributed by atoms with Crippen LogP contribution in [-0.4, -0.2) is 24.5 Å². The Balaban J connectivity index is 1.90. The predicted octanol–water partition coefficient (Wildman–Crippen LogP) is 4.16. The van der Waals surface area contributed by atoms with Crippen molar-refractivity contribution in [1.82, 2.24) is 4.90 Å². The van der Waals surface area contributed by atoms with Crippen LogP contribution < -0.4 is 0 Å². The van der Waals surface area contributed by atoms with Gasteiger partial charge in [-0.2, -0.15) is 5.26 Å². The first-order valence-corrected chi connectivity index (χ1v) is 8.19. The van der Waals surface area contributed by atoms with E-state index >= 15 is 0 Å². The number of allylic oxidation sites excluding steroid dienone is 3. The van der Waals surface area contributed by atoms with E-state index in [4.69, 9.17) is 5.26 Å². The van der Waals surface area contributed by atoms with E-state index in [-0.39, 0.29) is 0 Å². The molecule has 0 saturated carbocycles. The molecule has 1 aliphatic carbocycles. The molecule has 0 amide bonds. The molecule has 0 spiro atoms. The Morgan fingerprint density at radius 2 is 1.85 bits per heavy atom. The quantitative estimate of drug-likeness (QED) is 0.751. The number of rotatable bonds is 5. The molecule has 1 aliphatic heterocycles. The van der Waals surface area contributed by atoms with E-state index in [0.717, 1.165) is 30.3 Å². The maximum Gasteiger partial charge on any atom is 0.0947 e. The van der Waals surface area contributed by atoms with Gasteiger partial charge >= 0.3 is 0 Å². The normalized spacial score (nSPS) is 28.7. The Labute approximate surface area is 124 Å². The van der Waals surface area contributed by atoms with Gasteiger partial charge in [0, 0.05) is 25.2 Å². The lowest BCUT2D eigenvalue weighted by atomic mass is 9.90. The van der Waals surface area contributed by atoms with Crippen molar-refractivity contribution in [3.63, 3.8) is 0 Å². The molecule has 0 bridgehead atoms. The summed E-state index contributed by atoms with van der Waals surface area (Å²) in [5, 5.41) is 8.90. The van der Waals surface area contributed by atoms with E-state index in [1.807, 2.05) is 6.08 Å². The summed E-state index contributed by atoms with van der Waals surface area (Å²) in [5.74, 6) is 2.43. The predicted molar refractivity (Wildman–Crippen MR) is 84.2 cm³/mol. The van der Waals surface area contributed by atoms with E-state index in [9.17, 15) is 0 Å². The van der Waals surface area contributed by atoms with Crippen LogP contribution in [-0.2, 0) is 0 Å². The summed E-state index contributed by atoms with van der Waals surface area (Å²) in [6, 6.07) is 2.27. The maximum atomic E-state index is 8.90. The Morgan fingerprint density at radius 3 is 2.30 bits per heavy atom. The molecule has 1 heterocycles. The SMILES string of the molecule is CCC1CN(CC(C)C2=CC=C(C#N)CC2)CC1CC. The summed E-state index contributed by atoms with van der Waals surface area (Å²) in [6.45, 7) is 10.8. The van der Waals surface area contributed by atoms with Gasteiger partial charge in [-0.1, -0.05) is 45.3 Å². The van der Waals surface area contributed by atoms with E-state index in [1.165, 1.54) is 38.0 Å². The van der Waals surface area contributed by atoms with Gasteiger partial charge in [-0.05, 0) is 36.7 Å². The van der Waals surface area contributed by atoms with Crippen LogP contribution >= 0.6 is 0 Å². The smallest absolute Gasteiger partial charge is 0.0947 e. The molecular weight excluding hydrogens is 244 g/mol. The minimum atomic E-state index is 0.625. The van der Waals surface area contributed by atoms with Gasteiger partial charge in [0.25, 0.3) is 0 Å². The molecule has 2 heteroatoms. The molecule has 0 aromatic heterocycles. The van der Waals surface area contributed by atoms with Crippen molar-refractivity contribution in [2.45, 2.75) is 46.5 Å². The Hall–Kier alpha value is -1.07.